The molecule has 3 nitrogen and oxygen atoms in total. The van der Waals surface area contributed by atoms with E-state index in [2.05, 4.69) is 15.9 Å². The fourth-order valence-electron chi connectivity index (χ4n) is 1.51. The Hall–Kier alpha value is -1.10. The molecule has 1 amide bonds. The maximum atomic E-state index is 13.2. The quantitative estimate of drug-likeness (QED) is 0.726. The van der Waals surface area contributed by atoms with Gasteiger partial charge in [0.05, 0.1) is 10.2 Å². The summed E-state index contributed by atoms with van der Waals surface area (Å²) in [7, 11) is 1.64. The molecule has 0 saturated heterocycles. The Morgan fingerprint density at radius 3 is 2.87 bits per heavy atom. The summed E-state index contributed by atoms with van der Waals surface area (Å²) in [4.78, 5) is 13.0. The van der Waals surface area contributed by atoms with Gasteiger partial charge in [0, 0.05) is 13.1 Å². The second kappa shape index (κ2) is 3.48. The summed E-state index contributed by atoms with van der Waals surface area (Å²) in [5, 5.41) is 0. The van der Waals surface area contributed by atoms with Crippen LogP contribution in [0.25, 0.3) is 0 Å². The Morgan fingerprint density at radius 2 is 2.20 bits per heavy atom. The highest BCUT2D eigenvalue weighted by Crippen LogP contribution is 2.36. The third-order valence-corrected chi connectivity index (χ3v) is 2.95. The molecule has 1 aromatic rings. The molecular weight excluding hydrogens is 265 g/mol. The molecule has 0 saturated carbocycles. The number of amides is 1. The number of nitrogens with zero attached hydrogens (tertiary/aromatic N) is 1. The monoisotopic (exact) mass is 273 g/mol. The normalized spacial score (nSPS) is 19.9. The van der Waals surface area contributed by atoms with Gasteiger partial charge in [-0.2, -0.15) is 0 Å². The molecule has 2 rings (SSSR count). The highest BCUT2D eigenvalue weighted by Gasteiger charge is 2.29. The molecule has 0 aromatic heterocycles. The van der Waals surface area contributed by atoms with Crippen molar-refractivity contribution in [2.24, 2.45) is 0 Å². The molecule has 1 unspecified atom stereocenters. The molecule has 1 aliphatic heterocycles. The maximum Gasteiger partial charge on any atom is 0.267 e. The van der Waals surface area contributed by atoms with E-state index < -0.39 is 11.9 Å². The number of carbonyl (C=O) groups excluding carboxylic acids is 1. The van der Waals surface area contributed by atoms with Crippen molar-refractivity contribution in [3.8, 4) is 5.75 Å². The van der Waals surface area contributed by atoms with Gasteiger partial charge < -0.3 is 9.64 Å². The maximum absolute atomic E-state index is 13.2. The summed E-state index contributed by atoms with van der Waals surface area (Å²) >= 11 is 3.07. The number of anilines is 1. The Morgan fingerprint density at radius 1 is 1.53 bits per heavy atom. The van der Waals surface area contributed by atoms with Gasteiger partial charge in [-0.25, -0.2) is 4.39 Å². The summed E-state index contributed by atoms with van der Waals surface area (Å²) in [6, 6.07) is 2.81. The third-order valence-electron chi connectivity index (χ3n) is 2.35. The first kappa shape index (κ1) is 10.4. The van der Waals surface area contributed by atoms with Gasteiger partial charge in [-0.3, -0.25) is 4.79 Å². The number of hydrogen-bond donors (Lipinski definition) is 0. The van der Waals surface area contributed by atoms with E-state index in [0.29, 0.717) is 15.9 Å². The standard InChI is InChI=1S/C10H9BrFNO2/c1-5-10(14)13(2)8-3-6(11)7(12)4-9(8)15-5/h3-5H,1-2H3. The molecule has 0 N–H and O–H groups in total. The predicted octanol–water partition coefficient (Wildman–Crippen LogP) is 2.33. The van der Waals surface area contributed by atoms with Gasteiger partial charge >= 0.3 is 0 Å². The number of likely N-dealkylation sites (N-methyl/N-ethyl adjacent to an activating group) is 1. The minimum Gasteiger partial charge on any atom is -0.479 e. The minimum absolute atomic E-state index is 0.138. The van der Waals surface area contributed by atoms with Crippen LogP contribution in [-0.4, -0.2) is 19.1 Å². The van der Waals surface area contributed by atoms with Crippen LogP contribution in [0.15, 0.2) is 16.6 Å². The molecule has 1 aliphatic rings. The summed E-state index contributed by atoms with van der Waals surface area (Å²) in [6.45, 7) is 1.64. The van der Waals surface area contributed by atoms with Crippen molar-refractivity contribution >= 4 is 27.5 Å². The first-order chi connectivity index (χ1) is 7.00. The van der Waals surface area contributed by atoms with Crippen LogP contribution in [0.2, 0.25) is 0 Å². The van der Waals surface area contributed by atoms with Crippen molar-refractivity contribution in [3.63, 3.8) is 0 Å². The largest absolute Gasteiger partial charge is 0.479 e. The Kier molecular flexibility index (Phi) is 2.42. The van der Waals surface area contributed by atoms with Crippen molar-refractivity contribution in [2.75, 3.05) is 11.9 Å². The van der Waals surface area contributed by atoms with Crippen molar-refractivity contribution < 1.29 is 13.9 Å². The highest BCUT2D eigenvalue weighted by atomic mass is 79.9. The smallest absolute Gasteiger partial charge is 0.267 e. The molecule has 80 valence electrons. The molecule has 0 aliphatic carbocycles. The van der Waals surface area contributed by atoms with Gasteiger partial charge in [0.1, 0.15) is 11.6 Å². The zero-order valence-electron chi connectivity index (χ0n) is 8.25. The number of ether oxygens (including phenoxy) is 1. The van der Waals surface area contributed by atoms with Gasteiger partial charge in [0.15, 0.2) is 6.10 Å². The minimum atomic E-state index is -0.567. The van der Waals surface area contributed by atoms with Gasteiger partial charge in [-0.05, 0) is 28.9 Å². The fourth-order valence-corrected chi connectivity index (χ4v) is 1.84. The van der Waals surface area contributed by atoms with Crippen LogP contribution in [0.4, 0.5) is 10.1 Å². The lowest BCUT2D eigenvalue weighted by molar-refractivity contribution is -0.125. The topological polar surface area (TPSA) is 29.5 Å². The molecule has 5 heteroatoms. The number of rotatable bonds is 0. The van der Waals surface area contributed by atoms with E-state index in [1.165, 1.54) is 17.0 Å². The summed E-state index contributed by atoms with van der Waals surface area (Å²) in [6.07, 6.45) is -0.567. The van der Waals surface area contributed by atoms with Crippen LogP contribution in [0.5, 0.6) is 5.75 Å². The molecule has 0 fully saturated rings. The first-order valence-corrected chi connectivity index (χ1v) is 5.23. The predicted molar refractivity (Wildman–Crippen MR) is 57.6 cm³/mol. The second-order valence-corrected chi connectivity index (χ2v) is 4.25. The first-order valence-electron chi connectivity index (χ1n) is 4.44. The molecular formula is C10H9BrFNO2. The number of hydrogen-bond acceptors (Lipinski definition) is 2. The molecule has 0 radical (unpaired) electrons. The van der Waals surface area contributed by atoms with Crippen molar-refractivity contribution in [1.82, 2.24) is 0 Å². The van der Waals surface area contributed by atoms with Crippen molar-refractivity contribution in [3.05, 3.63) is 22.4 Å². The van der Waals surface area contributed by atoms with Crippen LogP contribution in [0.3, 0.4) is 0 Å². The Labute approximate surface area is 95.0 Å². The lowest BCUT2D eigenvalue weighted by atomic mass is 10.2. The lowest BCUT2D eigenvalue weighted by Gasteiger charge is -2.30. The second-order valence-electron chi connectivity index (χ2n) is 3.39. The summed E-state index contributed by atoms with van der Waals surface area (Å²) < 4.78 is 18.8. The Bertz CT molecular complexity index is 436. The molecule has 1 atom stereocenters. The van der Waals surface area contributed by atoms with E-state index in [4.69, 9.17) is 4.74 Å². The van der Waals surface area contributed by atoms with E-state index >= 15 is 0 Å². The van der Waals surface area contributed by atoms with E-state index in [0.717, 1.165) is 0 Å². The molecule has 1 aromatic carbocycles. The van der Waals surface area contributed by atoms with E-state index in [-0.39, 0.29) is 5.91 Å². The van der Waals surface area contributed by atoms with E-state index in [1.807, 2.05) is 0 Å². The lowest BCUT2D eigenvalue weighted by Crippen LogP contribution is -2.42. The number of benzene rings is 1. The summed E-state index contributed by atoms with van der Waals surface area (Å²) in [5.41, 5.74) is 0.575. The SMILES string of the molecule is CC1Oc2cc(F)c(Br)cc2N(C)C1=O. The van der Waals surface area contributed by atoms with Crippen LogP contribution < -0.4 is 9.64 Å². The van der Waals surface area contributed by atoms with Crippen LogP contribution in [-0.2, 0) is 4.79 Å². The molecule has 15 heavy (non-hydrogen) atoms. The fraction of sp³-hybridized carbons (Fsp3) is 0.300. The van der Waals surface area contributed by atoms with Crippen molar-refractivity contribution in [2.45, 2.75) is 13.0 Å². The average molecular weight is 274 g/mol. The average Bonchev–Trinajstić information content (AvgIpc) is 2.19. The van der Waals surface area contributed by atoms with Crippen LogP contribution in [0.1, 0.15) is 6.92 Å². The third kappa shape index (κ3) is 1.61. The zero-order valence-corrected chi connectivity index (χ0v) is 9.84. The van der Waals surface area contributed by atoms with Crippen LogP contribution in [0, 0.1) is 5.82 Å². The zero-order chi connectivity index (χ0) is 11.2. The molecule has 0 bridgehead atoms. The molecule has 1 heterocycles. The van der Waals surface area contributed by atoms with E-state index in [9.17, 15) is 9.18 Å². The summed E-state index contributed by atoms with van der Waals surface area (Å²) in [5.74, 6) is -0.144. The van der Waals surface area contributed by atoms with Gasteiger partial charge in [0.25, 0.3) is 5.91 Å². The van der Waals surface area contributed by atoms with Gasteiger partial charge in [-0.15, -0.1) is 0 Å². The highest BCUT2D eigenvalue weighted by molar-refractivity contribution is 9.10. The van der Waals surface area contributed by atoms with Crippen LogP contribution >= 0.6 is 15.9 Å². The Balaban J connectivity index is 2.56. The number of fused-ring (bicyclic) bond motifs is 1. The van der Waals surface area contributed by atoms with Crippen molar-refractivity contribution in [1.29, 1.82) is 0 Å². The van der Waals surface area contributed by atoms with Gasteiger partial charge in [0.2, 0.25) is 0 Å². The van der Waals surface area contributed by atoms with Gasteiger partial charge in [-0.1, -0.05) is 0 Å². The molecule has 0 spiro atoms. The van der Waals surface area contributed by atoms with E-state index in [1.54, 1.807) is 14.0 Å². The number of carbonyl (C=O) groups is 1. The number of halogens is 2.